The number of amides is 1. The zero-order valence-electron chi connectivity index (χ0n) is 19.0. The lowest BCUT2D eigenvalue weighted by atomic mass is 10.00. The molecule has 7 nitrogen and oxygen atoms in total. The van der Waals surface area contributed by atoms with Gasteiger partial charge in [-0.25, -0.2) is 4.79 Å². The topological polar surface area (TPSA) is 113 Å². The lowest BCUT2D eigenvalue weighted by Gasteiger charge is -2.20. The zero-order chi connectivity index (χ0) is 24.6. The first-order valence-corrected chi connectivity index (χ1v) is 11.2. The summed E-state index contributed by atoms with van der Waals surface area (Å²) in [5.41, 5.74) is 3.33. The smallest absolute Gasteiger partial charge is 0.339 e. The molecule has 0 saturated heterocycles. The summed E-state index contributed by atoms with van der Waals surface area (Å²) in [5, 5.41) is 16.3. The summed E-state index contributed by atoms with van der Waals surface area (Å²) in [6.07, 6.45) is 0.0908. The fourth-order valence-electron chi connectivity index (χ4n) is 4.07. The number of rotatable bonds is 7. The molecule has 1 N–H and O–H groups in total. The molecular formula is C26H23ClNO6-. The number of nitrogens with one attached hydrogen (secondary N) is 1. The van der Waals surface area contributed by atoms with Crippen molar-refractivity contribution in [3.05, 3.63) is 79.9 Å². The number of hydrogen-bond acceptors (Lipinski definition) is 6. The molecule has 0 unspecified atom stereocenters. The largest absolute Gasteiger partial charge is 0.548 e. The van der Waals surface area contributed by atoms with Crippen LogP contribution in [0.15, 0.2) is 50.0 Å². The van der Waals surface area contributed by atoms with E-state index in [0.717, 1.165) is 27.7 Å². The van der Waals surface area contributed by atoms with Gasteiger partial charge in [-0.15, -0.1) is 0 Å². The summed E-state index contributed by atoms with van der Waals surface area (Å²) >= 11 is 5.86. The second-order valence-corrected chi connectivity index (χ2v) is 8.83. The molecule has 2 aromatic carbocycles. The lowest BCUT2D eigenvalue weighted by molar-refractivity contribution is -0.308. The van der Waals surface area contributed by atoms with Gasteiger partial charge >= 0.3 is 5.63 Å². The monoisotopic (exact) mass is 480 g/mol. The van der Waals surface area contributed by atoms with Crippen LogP contribution in [0.2, 0.25) is 5.02 Å². The van der Waals surface area contributed by atoms with Gasteiger partial charge < -0.3 is 24.1 Å². The minimum absolute atomic E-state index is 0.0574. The molecule has 4 rings (SSSR count). The van der Waals surface area contributed by atoms with Gasteiger partial charge in [-0.1, -0.05) is 23.7 Å². The van der Waals surface area contributed by atoms with Crippen molar-refractivity contribution >= 4 is 45.4 Å². The summed E-state index contributed by atoms with van der Waals surface area (Å²) < 4.78 is 11.2. The molecule has 0 spiro atoms. The van der Waals surface area contributed by atoms with Crippen molar-refractivity contribution in [1.29, 1.82) is 0 Å². The van der Waals surface area contributed by atoms with Crippen molar-refractivity contribution in [2.45, 2.75) is 46.1 Å². The third-order valence-electron chi connectivity index (χ3n) is 6.16. The molecule has 0 aliphatic carbocycles. The standard InChI is InChI=1S/C26H24ClNO6/c1-13-15(3)33-22-12-23-20(11-19(13)22)14(2)18(26(32)34-23)8-9-24(29)28-21(25(30)31)10-16-4-6-17(27)7-5-16/h4-7,11-12,21H,8-10H2,1-3H3,(H,28,29)(H,30,31)/p-1/t21-/m1/s1. The van der Waals surface area contributed by atoms with E-state index in [1.807, 2.05) is 26.8 Å². The van der Waals surface area contributed by atoms with E-state index in [9.17, 15) is 19.5 Å². The highest BCUT2D eigenvalue weighted by Crippen LogP contribution is 2.31. The minimum atomic E-state index is -1.39. The van der Waals surface area contributed by atoms with E-state index < -0.39 is 23.5 Å². The van der Waals surface area contributed by atoms with Crippen molar-refractivity contribution in [3.63, 3.8) is 0 Å². The molecule has 0 aliphatic rings. The molecule has 2 heterocycles. The Morgan fingerprint density at radius 3 is 2.32 bits per heavy atom. The number of aliphatic carboxylic acids is 1. The predicted octanol–water partition coefficient (Wildman–Crippen LogP) is 3.53. The zero-order valence-corrected chi connectivity index (χ0v) is 19.7. The van der Waals surface area contributed by atoms with Crippen LogP contribution in [0.25, 0.3) is 21.9 Å². The second kappa shape index (κ2) is 9.35. The van der Waals surface area contributed by atoms with Crippen LogP contribution in [0.4, 0.5) is 0 Å². The molecule has 0 bridgehead atoms. The van der Waals surface area contributed by atoms with Crippen LogP contribution >= 0.6 is 11.6 Å². The minimum Gasteiger partial charge on any atom is -0.548 e. The number of fused-ring (bicyclic) bond motifs is 2. The van der Waals surface area contributed by atoms with Crippen molar-refractivity contribution in [2.24, 2.45) is 0 Å². The number of hydrogen-bond donors (Lipinski definition) is 1. The third-order valence-corrected chi connectivity index (χ3v) is 6.41. The van der Waals surface area contributed by atoms with Gasteiger partial charge in [-0.2, -0.15) is 0 Å². The maximum Gasteiger partial charge on any atom is 0.339 e. The fraction of sp³-hybridized carbons (Fsp3) is 0.269. The average molecular weight is 481 g/mol. The summed E-state index contributed by atoms with van der Waals surface area (Å²) in [7, 11) is 0. The molecule has 8 heteroatoms. The van der Waals surface area contributed by atoms with E-state index in [1.165, 1.54) is 0 Å². The van der Waals surface area contributed by atoms with E-state index in [2.05, 4.69) is 5.32 Å². The molecule has 0 aliphatic heterocycles. The van der Waals surface area contributed by atoms with Gasteiger partial charge in [-0.05, 0) is 68.5 Å². The first-order valence-electron chi connectivity index (χ1n) is 10.8. The van der Waals surface area contributed by atoms with Gasteiger partial charge in [0.2, 0.25) is 5.91 Å². The third kappa shape index (κ3) is 4.70. The number of furan rings is 1. The maximum absolute atomic E-state index is 12.6. The van der Waals surface area contributed by atoms with Crippen molar-refractivity contribution < 1.29 is 23.5 Å². The van der Waals surface area contributed by atoms with Gasteiger partial charge in [0.25, 0.3) is 0 Å². The highest BCUT2D eigenvalue weighted by atomic mass is 35.5. The van der Waals surface area contributed by atoms with Gasteiger partial charge in [0.05, 0.1) is 12.0 Å². The van der Waals surface area contributed by atoms with Crippen LogP contribution in [0.3, 0.4) is 0 Å². The van der Waals surface area contributed by atoms with Crippen LogP contribution in [0, 0.1) is 20.8 Å². The number of carbonyl (C=O) groups is 2. The SMILES string of the molecule is Cc1oc2cc3oc(=O)c(CCC(=O)N[C@H](Cc4ccc(Cl)cc4)C(=O)[O-])c(C)c3cc2c1C. The number of halogens is 1. The molecule has 34 heavy (non-hydrogen) atoms. The summed E-state index contributed by atoms with van der Waals surface area (Å²) in [5.74, 6) is -1.10. The molecule has 1 atom stereocenters. The maximum atomic E-state index is 12.6. The first-order chi connectivity index (χ1) is 16.1. The summed E-state index contributed by atoms with van der Waals surface area (Å²) in [4.78, 5) is 36.7. The number of aryl methyl sites for hydroxylation is 3. The fourth-order valence-corrected chi connectivity index (χ4v) is 4.19. The van der Waals surface area contributed by atoms with Crippen LogP contribution in [-0.2, 0) is 22.4 Å². The Hall–Kier alpha value is -3.58. The average Bonchev–Trinajstić information content (AvgIpc) is 3.06. The van der Waals surface area contributed by atoms with Crippen molar-refractivity contribution in [1.82, 2.24) is 5.32 Å². The molecular weight excluding hydrogens is 458 g/mol. The van der Waals surface area contributed by atoms with Gasteiger partial charge in [0.15, 0.2) is 0 Å². The summed E-state index contributed by atoms with van der Waals surface area (Å²) in [6.45, 7) is 5.65. The number of carboxylic acids is 1. The highest BCUT2D eigenvalue weighted by molar-refractivity contribution is 6.30. The Labute approximate surface area is 200 Å². The Morgan fingerprint density at radius 2 is 1.65 bits per heavy atom. The van der Waals surface area contributed by atoms with E-state index in [-0.39, 0.29) is 19.3 Å². The Balaban J connectivity index is 1.52. The van der Waals surface area contributed by atoms with Crippen LogP contribution < -0.4 is 16.0 Å². The molecule has 2 aromatic heterocycles. The second-order valence-electron chi connectivity index (χ2n) is 8.39. The molecule has 176 valence electrons. The molecule has 0 radical (unpaired) electrons. The first kappa shape index (κ1) is 23.6. The van der Waals surface area contributed by atoms with Crippen molar-refractivity contribution in [2.75, 3.05) is 0 Å². The van der Waals surface area contributed by atoms with E-state index in [0.29, 0.717) is 27.3 Å². The molecule has 4 aromatic rings. The van der Waals surface area contributed by atoms with Crippen LogP contribution in [0.1, 0.15) is 34.4 Å². The summed E-state index contributed by atoms with van der Waals surface area (Å²) in [6, 6.07) is 9.10. The van der Waals surface area contributed by atoms with Gasteiger partial charge in [0.1, 0.15) is 16.9 Å². The number of carbonyl (C=O) groups excluding carboxylic acids is 2. The van der Waals surface area contributed by atoms with E-state index in [4.69, 9.17) is 20.4 Å². The number of carboxylic acid groups (broad SMARTS) is 1. The Bertz CT molecular complexity index is 1470. The lowest BCUT2D eigenvalue weighted by Crippen LogP contribution is -2.49. The predicted molar refractivity (Wildman–Crippen MR) is 127 cm³/mol. The molecule has 0 fully saturated rings. The highest BCUT2D eigenvalue weighted by Gasteiger charge is 2.18. The van der Waals surface area contributed by atoms with Crippen LogP contribution in [-0.4, -0.2) is 17.9 Å². The normalized spacial score (nSPS) is 12.2. The van der Waals surface area contributed by atoms with Gasteiger partial charge in [0, 0.05) is 33.8 Å². The quantitative estimate of drug-likeness (QED) is 0.405. The Kier molecular flexibility index (Phi) is 6.48. The van der Waals surface area contributed by atoms with Crippen LogP contribution in [0.5, 0.6) is 0 Å². The molecule has 0 saturated carbocycles. The Morgan fingerprint density at radius 1 is 1.00 bits per heavy atom. The molecule has 1 amide bonds. The van der Waals surface area contributed by atoms with Crippen molar-refractivity contribution in [3.8, 4) is 0 Å². The van der Waals surface area contributed by atoms with E-state index >= 15 is 0 Å². The van der Waals surface area contributed by atoms with Gasteiger partial charge in [-0.3, -0.25) is 4.79 Å². The number of benzene rings is 2. The van der Waals surface area contributed by atoms with E-state index in [1.54, 1.807) is 30.3 Å².